The predicted molar refractivity (Wildman–Crippen MR) is 84.6 cm³/mol. The maximum absolute atomic E-state index is 12.7. The lowest BCUT2D eigenvalue weighted by atomic mass is 9.69. The number of thiophene rings is 1. The molecule has 4 heteroatoms. The molecule has 1 aromatic rings. The molecule has 0 aliphatic heterocycles. The molecule has 1 aliphatic carbocycles. The summed E-state index contributed by atoms with van der Waals surface area (Å²) in [5.74, 6) is 0.216. The molecule has 1 aliphatic rings. The Hall–Kier alpha value is -0.380. The number of halogens is 1. The second kappa shape index (κ2) is 6.17. The average molecular weight is 315 g/mol. The molecule has 2 nitrogen and oxygen atoms in total. The van der Waals surface area contributed by atoms with Crippen LogP contribution in [0.5, 0.6) is 0 Å². The van der Waals surface area contributed by atoms with E-state index in [9.17, 15) is 4.79 Å². The Morgan fingerprint density at radius 2 is 1.95 bits per heavy atom. The molecule has 1 aromatic heterocycles. The molecule has 0 N–H and O–H groups in total. The van der Waals surface area contributed by atoms with Crippen LogP contribution in [0.2, 0.25) is 4.34 Å². The fraction of sp³-hybridized carbons (Fsp3) is 0.688. The highest BCUT2D eigenvalue weighted by atomic mass is 35.5. The van der Waals surface area contributed by atoms with Gasteiger partial charge in [-0.15, -0.1) is 11.3 Å². The topological polar surface area (TPSA) is 26.3 Å². The summed E-state index contributed by atoms with van der Waals surface area (Å²) in [6, 6.07) is 3.80. The summed E-state index contributed by atoms with van der Waals surface area (Å²) in [6.45, 7) is 7.10. The fourth-order valence-corrected chi connectivity index (χ4v) is 3.96. The normalized spacial score (nSPS) is 20.8. The fourth-order valence-electron chi connectivity index (χ4n) is 2.88. The molecule has 0 spiro atoms. The largest absolute Gasteiger partial charge is 0.367 e. The lowest BCUT2D eigenvalue weighted by molar-refractivity contribution is -0.151. The van der Waals surface area contributed by atoms with E-state index in [0.29, 0.717) is 18.4 Å². The van der Waals surface area contributed by atoms with Crippen molar-refractivity contribution in [2.75, 3.05) is 6.61 Å². The smallest absolute Gasteiger partial charge is 0.169 e. The van der Waals surface area contributed by atoms with Gasteiger partial charge in [-0.2, -0.15) is 0 Å². The lowest BCUT2D eigenvalue weighted by Gasteiger charge is -2.42. The van der Waals surface area contributed by atoms with Gasteiger partial charge in [0.05, 0.1) is 4.34 Å². The number of ketones is 1. The van der Waals surface area contributed by atoms with Crippen LogP contribution < -0.4 is 0 Å². The molecule has 1 heterocycles. The number of carbonyl (C=O) groups is 1. The molecule has 2 rings (SSSR count). The molecule has 1 saturated carbocycles. The van der Waals surface area contributed by atoms with Crippen LogP contribution in [0.1, 0.15) is 51.3 Å². The Morgan fingerprint density at radius 3 is 2.45 bits per heavy atom. The minimum atomic E-state index is -0.569. The summed E-state index contributed by atoms with van der Waals surface area (Å²) in [5, 5.41) is 0. The van der Waals surface area contributed by atoms with E-state index in [-0.39, 0.29) is 5.78 Å². The highest BCUT2D eigenvalue weighted by Gasteiger charge is 2.44. The van der Waals surface area contributed by atoms with Crippen LogP contribution in [0, 0.1) is 5.41 Å². The van der Waals surface area contributed by atoms with Crippen molar-refractivity contribution in [3.05, 3.63) is 21.3 Å². The monoisotopic (exact) mass is 314 g/mol. The number of hydrogen-bond acceptors (Lipinski definition) is 3. The molecule has 0 amide bonds. The van der Waals surface area contributed by atoms with Gasteiger partial charge in [0.2, 0.25) is 0 Å². The van der Waals surface area contributed by atoms with Gasteiger partial charge in [0, 0.05) is 17.9 Å². The SMILES string of the molecule is CCOC1(C(=O)Cc2ccc(Cl)s2)CCC(C)(C)CC1. The van der Waals surface area contributed by atoms with Gasteiger partial charge in [-0.3, -0.25) is 4.79 Å². The molecule has 0 bridgehead atoms. The second-order valence-corrected chi connectivity index (χ2v) is 8.20. The molecule has 0 atom stereocenters. The van der Waals surface area contributed by atoms with Gasteiger partial charge in [-0.05, 0) is 50.2 Å². The first-order valence-electron chi connectivity index (χ1n) is 7.28. The van der Waals surface area contributed by atoms with E-state index in [1.54, 1.807) is 0 Å². The number of Topliss-reactive ketones (excluding diaryl/α,β-unsaturated/α-hetero) is 1. The van der Waals surface area contributed by atoms with Crippen molar-refractivity contribution in [3.8, 4) is 0 Å². The van der Waals surface area contributed by atoms with Crippen molar-refractivity contribution in [1.82, 2.24) is 0 Å². The maximum atomic E-state index is 12.7. The van der Waals surface area contributed by atoms with Crippen molar-refractivity contribution in [2.45, 2.75) is 58.5 Å². The minimum Gasteiger partial charge on any atom is -0.367 e. The first-order valence-corrected chi connectivity index (χ1v) is 8.48. The molecule has 0 saturated heterocycles. The minimum absolute atomic E-state index is 0.216. The zero-order valence-electron chi connectivity index (χ0n) is 12.5. The third-order valence-electron chi connectivity index (χ3n) is 4.30. The average Bonchev–Trinajstić information content (AvgIpc) is 2.78. The summed E-state index contributed by atoms with van der Waals surface area (Å²) in [5.41, 5.74) is -0.242. The summed E-state index contributed by atoms with van der Waals surface area (Å²) in [4.78, 5) is 13.8. The van der Waals surface area contributed by atoms with Crippen LogP contribution >= 0.6 is 22.9 Å². The maximum Gasteiger partial charge on any atom is 0.169 e. The van der Waals surface area contributed by atoms with Gasteiger partial charge in [0.25, 0.3) is 0 Å². The van der Waals surface area contributed by atoms with Crippen LogP contribution in [0.3, 0.4) is 0 Å². The highest BCUT2D eigenvalue weighted by Crippen LogP contribution is 2.43. The van der Waals surface area contributed by atoms with Crippen molar-refractivity contribution in [1.29, 1.82) is 0 Å². The molecule has 1 fully saturated rings. The summed E-state index contributed by atoms with van der Waals surface area (Å²) in [7, 11) is 0. The van der Waals surface area contributed by atoms with Crippen LogP contribution in [0.4, 0.5) is 0 Å². The van der Waals surface area contributed by atoms with E-state index >= 15 is 0 Å². The number of ether oxygens (including phenoxy) is 1. The van der Waals surface area contributed by atoms with E-state index in [1.165, 1.54) is 11.3 Å². The molecule has 0 aromatic carbocycles. The second-order valence-electron chi connectivity index (χ2n) is 6.40. The summed E-state index contributed by atoms with van der Waals surface area (Å²) < 4.78 is 6.67. The predicted octanol–water partition coefficient (Wildman–Crippen LogP) is 4.89. The van der Waals surface area contributed by atoms with Crippen molar-refractivity contribution < 1.29 is 9.53 Å². The Balaban J connectivity index is 2.10. The Morgan fingerprint density at radius 1 is 1.30 bits per heavy atom. The number of hydrogen-bond donors (Lipinski definition) is 0. The van der Waals surface area contributed by atoms with Crippen molar-refractivity contribution >= 4 is 28.7 Å². The standard InChI is InChI=1S/C16H23ClO2S/c1-4-19-16(9-7-15(2,3)8-10-16)13(18)11-12-5-6-14(17)20-12/h5-6H,4,7-11H2,1-3H3. The Labute approximate surface area is 130 Å². The van der Waals surface area contributed by atoms with Crippen molar-refractivity contribution in [3.63, 3.8) is 0 Å². The first-order chi connectivity index (χ1) is 9.37. The summed E-state index contributed by atoms with van der Waals surface area (Å²) in [6.07, 6.45) is 4.21. The zero-order valence-corrected chi connectivity index (χ0v) is 14.1. The quantitative estimate of drug-likeness (QED) is 0.773. The van der Waals surface area contributed by atoms with Gasteiger partial charge >= 0.3 is 0 Å². The van der Waals surface area contributed by atoms with Crippen LogP contribution in [0.25, 0.3) is 0 Å². The van der Waals surface area contributed by atoms with Gasteiger partial charge in [0.15, 0.2) is 5.78 Å². The molecular formula is C16H23ClO2S. The van der Waals surface area contributed by atoms with E-state index < -0.39 is 5.60 Å². The van der Waals surface area contributed by atoms with Gasteiger partial charge < -0.3 is 4.74 Å². The number of rotatable bonds is 5. The summed E-state index contributed by atoms with van der Waals surface area (Å²) >= 11 is 7.42. The molecule has 112 valence electrons. The first kappa shape index (κ1) is 16.0. The van der Waals surface area contributed by atoms with Crippen LogP contribution in [0.15, 0.2) is 12.1 Å². The third-order valence-corrected chi connectivity index (χ3v) is 5.53. The van der Waals surface area contributed by atoms with E-state index in [2.05, 4.69) is 13.8 Å². The van der Waals surface area contributed by atoms with Gasteiger partial charge in [-0.1, -0.05) is 25.4 Å². The van der Waals surface area contributed by atoms with Crippen LogP contribution in [-0.4, -0.2) is 18.0 Å². The molecule has 20 heavy (non-hydrogen) atoms. The van der Waals surface area contributed by atoms with Gasteiger partial charge in [0.1, 0.15) is 5.60 Å². The third kappa shape index (κ3) is 3.63. The van der Waals surface area contributed by atoms with E-state index in [0.717, 1.165) is 34.9 Å². The van der Waals surface area contributed by atoms with E-state index in [4.69, 9.17) is 16.3 Å². The molecule has 0 unspecified atom stereocenters. The molecule has 0 radical (unpaired) electrons. The van der Waals surface area contributed by atoms with Gasteiger partial charge in [-0.25, -0.2) is 0 Å². The zero-order chi connectivity index (χ0) is 14.8. The van der Waals surface area contributed by atoms with Crippen LogP contribution in [-0.2, 0) is 16.0 Å². The highest BCUT2D eigenvalue weighted by molar-refractivity contribution is 7.16. The van der Waals surface area contributed by atoms with E-state index in [1.807, 2.05) is 19.1 Å². The Bertz CT molecular complexity index is 469. The van der Waals surface area contributed by atoms with Crippen molar-refractivity contribution in [2.24, 2.45) is 5.41 Å². The Kier molecular flexibility index (Phi) is 4.93. The molecular weight excluding hydrogens is 292 g/mol. The number of carbonyl (C=O) groups excluding carboxylic acids is 1. The lowest BCUT2D eigenvalue weighted by Crippen LogP contribution is -2.47.